The van der Waals surface area contributed by atoms with Crippen LogP contribution in [0.5, 0.6) is 0 Å². The fourth-order valence-corrected chi connectivity index (χ4v) is 3.31. The minimum Gasteiger partial charge on any atom is -0.481 e. The maximum absolute atomic E-state index is 10.9. The molecule has 2 fully saturated rings. The van der Waals surface area contributed by atoms with Gasteiger partial charge >= 0.3 is 5.97 Å². The van der Waals surface area contributed by atoms with Crippen LogP contribution in [0.4, 0.5) is 0 Å². The molecule has 2 bridgehead atoms. The predicted molar refractivity (Wildman–Crippen MR) is 45.7 cm³/mol. The van der Waals surface area contributed by atoms with E-state index in [9.17, 15) is 4.79 Å². The Bertz CT molecular complexity index is 220. The lowest BCUT2D eigenvalue weighted by atomic mass is 9.80. The Morgan fingerprint density at radius 2 is 2.08 bits per heavy atom. The molecule has 0 heterocycles. The van der Waals surface area contributed by atoms with Gasteiger partial charge in [0.2, 0.25) is 0 Å². The molecule has 0 aromatic carbocycles. The molecule has 2 heteroatoms. The number of rotatable bonds is 1. The van der Waals surface area contributed by atoms with Crippen molar-refractivity contribution in [3.63, 3.8) is 0 Å². The minimum absolute atomic E-state index is 0.0428. The van der Waals surface area contributed by atoms with Gasteiger partial charge in [-0.05, 0) is 36.5 Å². The zero-order valence-corrected chi connectivity index (χ0v) is 7.71. The third-order valence-electron chi connectivity index (χ3n) is 4.18. The maximum atomic E-state index is 10.9. The average molecular weight is 168 g/mol. The van der Waals surface area contributed by atoms with Gasteiger partial charge in [0.25, 0.3) is 0 Å². The zero-order chi connectivity index (χ0) is 8.93. The Hall–Kier alpha value is -0.530. The van der Waals surface area contributed by atoms with Crippen LogP contribution in [-0.2, 0) is 4.79 Å². The Morgan fingerprint density at radius 3 is 2.33 bits per heavy atom. The molecule has 68 valence electrons. The largest absolute Gasteiger partial charge is 0.481 e. The highest BCUT2D eigenvalue weighted by atomic mass is 16.4. The van der Waals surface area contributed by atoms with Crippen molar-refractivity contribution in [3.05, 3.63) is 0 Å². The van der Waals surface area contributed by atoms with E-state index in [-0.39, 0.29) is 5.92 Å². The van der Waals surface area contributed by atoms with E-state index in [1.54, 1.807) is 0 Å². The molecule has 0 amide bonds. The molecular weight excluding hydrogens is 152 g/mol. The van der Waals surface area contributed by atoms with E-state index >= 15 is 0 Å². The number of carboxylic acids is 1. The van der Waals surface area contributed by atoms with Crippen molar-refractivity contribution in [2.45, 2.75) is 33.1 Å². The van der Waals surface area contributed by atoms with Gasteiger partial charge in [-0.1, -0.05) is 13.8 Å². The van der Waals surface area contributed by atoms with E-state index in [0.717, 1.165) is 12.8 Å². The van der Waals surface area contributed by atoms with Gasteiger partial charge in [0, 0.05) is 0 Å². The number of hydrogen-bond donors (Lipinski definition) is 1. The van der Waals surface area contributed by atoms with Crippen LogP contribution < -0.4 is 0 Å². The molecule has 0 saturated heterocycles. The van der Waals surface area contributed by atoms with Crippen LogP contribution in [-0.4, -0.2) is 11.1 Å². The highest BCUT2D eigenvalue weighted by Crippen LogP contribution is 2.60. The lowest BCUT2D eigenvalue weighted by Gasteiger charge is -2.24. The molecule has 0 spiro atoms. The summed E-state index contributed by atoms with van der Waals surface area (Å²) in [5, 5.41) is 8.97. The Morgan fingerprint density at radius 1 is 1.42 bits per heavy atom. The molecule has 0 unspecified atom stereocenters. The number of fused-ring (bicyclic) bond motifs is 2. The zero-order valence-electron chi connectivity index (χ0n) is 7.71. The van der Waals surface area contributed by atoms with Crippen molar-refractivity contribution in [1.82, 2.24) is 0 Å². The van der Waals surface area contributed by atoms with Crippen molar-refractivity contribution in [2.24, 2.45) is 23.2 Å². The van der Waals surface area contributed by atoms with Gasteiger partial charge in [-0.3, -0.25) is 4.79 Å². The quantitative estimate of drug-likeness (QED) is 0.651. The van der Waals surface area contributed by atoms with Gasteiger partial charge in [0.1, 0.15) is 0 Å². The van der Waals surface area contributed by atoms with E-state index in [2.05, 4.69) is 13.8 Å². The number of carboxylic acid groups (broad SMARTS) is 1. The summed E-state index contributed by atoms with van der Waals surface area (Å²) in [6, 6.07) is 0. The van der Waals surface area contributed by atoms with Crippen LogP contribution in [0, 0.1) is 23.2 Å². The monoisotopic (exact) mass is 168 g/mol. The van der Waals surface area contributed by atoms with Crippen LogP contribution in [0.25, 0.3) is 0 Å². The standard InChI is InChI=1S/C10H16O2/c1-10(2)6-3-4-8(10)7(5-6)9(11)12/h6-8H,3-5H2,1-2H3,(H,11,12)/t6-,7+,8-/m1/s1. The first kappa shape index (κ1) is 8.09. The molecule has 0 aromatic heterocycles. The number of hydrogen-bond acceptors (Lipinski definition) is 1. The van der Waals surface area contributed by atoms with Gasteiger partial charge in [-0.25, -0.2) is 0 Å². The number of carbonyl (C=O) groups is 1. The highest BCUT2D eigenvalue weighted by molar-refractivity contribution is 5.71. The molecule has 0 aliphatic heterocycles. The molecule has 2 saturated carbocycles. The predicted octanol–water partition coefficient (Wildman–Crippen LogP) is 2.14. The fourth-order valence-electron chi connectivity index (χ4n) is 3.31. The Kier molecular flexibility index (Phi) is 1.51. The van der Waals surface area contributed by atoms with Crippen molar-refractivity contribution in [3.8, 4) is 0 Å². The topological polar surface area (TPSA) is 37.3 Å². The molecule has 2 aliphatic carbocycles. The summed E-state index contributed by atoms with van der Waals surface area (Å²) in [6.45, 7) is 4.47. The SMILES string of the molecule is CC1(C)[C@@H]2CC[C@@H]1[C@@H](C(=O)O)C2. The smallest absolute Gasteiger partial charge is 0.306 e. The third kappa shape index (κ3) is 0.838. The van der Waals surface area contributed by atoms with Crippen molar-refractivity contribution in [1.29, 1.82) is 0 Å². The van der Waals surface area contributed by atoms with Gasteiger partial charge < -0.3 is 5.11 Å². The van der Waals surface area contributed by atoms with Gasteiger partial charge in [0.05, 0.1) is 5.92 Å². The summed E-state index contributed by atoms with van der Waals surface area (Å²) in [7, 11) is 0. The minimum atomic E-state index is -0.574. The maximum Gasteiger partial charge on any atom is 0.306 e. The molecule has 2 rings (SSSR count). The summed E-state index contributed by atoms with van der Waals surface area (Å²) in [5.74, 6) is 0.498. The lowest BCUT2D eigenvalue weighted by Crippen LogP contribution is -2.24. The van der Waals surface area contributed by atoms with Crippen LogP contribution in [0.15, 0.2) is 0 Å². The second kappa shape index (κ2) is 2.24. The van der Waals surface area contributed by atoms with Crippen LogP contribution in [0.2, 0.25) is 0 Å². The molecule has 2 nitrogen and oxygen atoms in total. The van der Waals surface area contributed by atoms with E-state index in [0.29, 0.717) is 17.3 Å². The van der Waals surface area contributed by atoms with Gasteiger partial charge in [0.15, 0.2) is 0 Å². The molecule has 1 N–H and O–H groups in total. The summed E-state index contributed by atoms with van der Waals surface area (Å²) < 4.78 is 0. The second-order valence-corrected chi connectivity index (χ2v) is 4.88. The summed E-state index contributed by atoms with van der Waals surface area (Å²) >= 11 is 0. The molecular formula is C10H16O2. The van der Waals surface area contributed by atoms with E-state index < -0.39 is 5.97 Å². The van der Waals surface area contributed by atoms with Gasteiger partial charge in [-0.15, -0.1) is 0 Å². The van der Waals surface area contributed by atoms with E-state index in [1.807, 2.05) is 0 Å². The first-order chi connectivity index (χ1) is 5.53. The number of aliphatic carboxylic acids is 1. The van der Waals surface area contributed by atoms with E-state index in [1.165, 1.54) is 6.42 Å². The molecule has 3 atom stereocenters. The lowest BCUT2D eigenvalue weighted by molar-refractivity contribution is -0.143. The highest BCUT2D eigenvalue weighted by Gasteiger charge is 2.55. The summed E-state index contributed by atoms with van der Waals surface area (Å²) in [6.07, 6.45) is 3.31. The molecule has 0 aromatic rings. The van der Waals surface area contributed by atoms with Gasteiger partial charge in [-0.2, -0.15) is 0 Å². The average Bonchev–Trinajstić information content (AvgIpc) is 2.40. The van der Waals surface area contributed by atoms with Crippen molar-refractivity contribution >= 4 is 5.97 Å². The summed E-state index contributed by atoms with van der Waals surface area (Å²) in [5.41, 5.74) is 0.295. The van der Waals surface area contributed by atoms with E-state index in [4.69, 9.17) is 5.11 Å². The van der Waals surface area contributed by atoms with Crippen LogP contribution in [0.3, 0.4) is 0 Å². The first-order valence-electron chi connectivity index (χ1n) is 4.76. The Balaban J connectivity index is 2.24. The van der Waals surface area contributed by atoms with Crippen LogP contribution >= 0.6 is 0 Å². The second-order valence-electron chi connectivity index (χ2n) is 4.88. The molecule has 0 radical (unpaired) electrons. The van der Waals surface area contributed by atoms with Crippen LogP contribution in [0.1, 0.15) is 33.1 Å². The summed E-state index contributed by atoms with van der Waals surface area (Å²) in [4.78, 5) is 10.9. The first-order valence-corrected chi connectivity index (χ1v) is 4.76. The van der Waals surface area contributed by atoms with Crippen molar-refractivity contribution < 1.29 is 9.90 Å². The Labute approximate surface area is 73.0 Å². The molecule has 12 heavy (non-hydrogen) atoms. The third-order valence-corrected chi connectivity index (χ3v) is 4.18. The van der Waals surface area contributed by atoms with Crippen molar-refractivity contribution in [2.75, 3.05) is 0 Å². The normalized spacial score (nSPS) is 43.3. The fraction of sp³-hybridized carbons (Fsp3) is 0.900. The molecule has 2 aliphatic rings.